The number of benzene rings is 3. The molecule has 0 heterocycles. The number of hydrogen-bond acceptors (Lipinski definition) is 6. The van der Waals surface area contributed by atoms with E-state index in [0.717, 1.165) is 8.04 Å². The lowest BCUT2D eigenvalue weighted by atomic mass is 9.99. The second-order valence-electron chi connectivity index (χ2n) is 7.59. The molecule has 0 radical (unpaired) electrons. The van der Waals surface area contributed by atoms with Gasteiger partial charge in [0.15, 0.2) is 6.10 Å². The molecule has 0 spiro atoms. The van der Waals surface area contributed by atoms with Crippen LogP contribution < -0.4 is 15.5 Å². The average molecular weight is 667 g/mol. The van der Waals surface area contributed by atoms with Crippen molar-refractivity contribution < 1.29 is 29.4 Å². The summed E-state index contributed by atoms with van der Waals surface area (Å²) in [5, 5.41) is 22.1. The van der Waals surface area contributed by atoms with Crippen LogP contribution in [0.15, 0.2) is 89.4 Å². The number of aromatic hydroxyl groups is 1. The summed E-state index contributed by atoms with van der Waals surface area (Å²) in [5.41, 5.74) is 2.45. The molecule has 0 saturated heterocycles. The van der Waals surface area contributed by atoms with E-state index in [-0.39, 0.29) is 5.75 Å². The maximum atomic E-state index is 12.9. The molecule has 3 aromatic rings. The monoisotopic (exact) mass is 666 g/mol. The number of para-hydroxylation sites is 1. The number of anilines is 1. The highest BCUT2D eigenvalue weighted by Gasteiger charge is 2.31. The summed E-state index contributed by atoms with van der Waals surface area (Å²) in [6, 6.07) is 21.0. The maximum Gasteiger partial charge on any atom is 0.412 e. The van der Waals surface area contributed by atoms with Crippen molar-refractivity contribution in [1.29, 1.82) is 0 Å². The molecular formula is C26H24BrIN2O6. The van der Waals surface area contributed by atoms with Crippen LogP contribution in [0.5, 0.6) is 11.5 Å². The number of allylic oxidation sites excluding steroid dienone is 1. The van der Waals surface area contributed by atoms with E-state index in [9.17, 15) is 14.7 Å². The van der Waals surface area contributed by atoms with Gasteiger partial charge in [-0.1, -0.05) is 40.2 Å². The van der Waals surface area contributed by atoms with Crippen LogP contribution in [0.1, 0.15) is 24.5 Å². The van der Waals surface area contributed by atoms with Crippen molar-refractivity contribution in [2.24, 2.45) is 0 Å². The van der Waals surface area contributed by atoms with Gasteiger partial charge >= 0.3 is 6.09 Å². The molecule has 3 rings (SSSR count). The van der Waals surface area contributed by atoms with Crippen molar-refractivity contribution >= 4 is 56.2 Å². The molecule has 0 aromatic heterocycles. The number of nitrogens with one attached hydrogen (secondary N) is 2. The molecule has 0 aliphatic carbocycles. The lowest BCUT2D eigenvalue weighted by molar-refractivity contribution is -0.124. The van der Waals surface area contributed by atoms with Gasteiger partial charge in [-0.15, -0.1) is 0 Å². The highest BCUT2D eigenvalue weighted by molar-refractivity contribution is 14.1. The van der Waals surface area contributed by atoms with E-state index >= 15 is 0 Å². The summed E-state index contributed by atoms with van der Waals surface area (Å²) < 4.78 is 13.8. The first kappa shape index (κ1) is 27.5. The van der Waals surface area contributed by atoms with Gasteiger partial charge in [-0.2, -0.15) is 0 Å². The van der Waals surface area contributed by atoms with Crippen molar-refractivity contribution in [2.75, 3.05) is 5.32 Å². The fourth-order valence-electron chi connectivity index (χ4n) is 3.32. The van der Waals surface area contributed by atoms with Crippen LogP contribution in [0.4, 0.5) is 10.5 Å². The number of hydrogen-bond donors (Lipinski definition) is 4. The van der Waals surface area contributed by atoms with E-state index in [0.29, 0.717) is 29.8 Å². The molecule has 2 amide bonds. The van der Waals surface area contributed by atoms with Gasteiger partial charge in [-0.25, -0.2) is 10.3 Å². The molecule has 0 bridgehead atoms. The number of phenols is 1. The lowest BCUT2D eigenvalue weighted by Gasteiger charge is -2.28. The van der Waals surface area contributed by atoms with E-state index in [1.54, 1.807) is 54.6 Å². The molecule has 4 N–H and O–H groups in total. The Kier molecular flexibility index (Phi) is 10.6. The van der Waals surface area contributed by atoms with Crippen LogP contribution in [-0.4, -0.2) is 28.4 Å². The fraction of sp³-hybridized carbons (Fsp3) is 0.154. The summed E-state index contributed by atoms with van der Waals surface area (Å²) in [7, 11) is 0. The molecule has 0 fully saturated rings. The summed E-state index contributed by atoms with van der Waals surface area (Å²) in [6.07, 6.45) is 1.01. The molecule has 3 aromatic carbocycles. The Morgan fingerprint density at radius 2 is 1.78 bits per heavy atom. The second kappa shape index (κ2) is 13.9. The third-order valence-electron chi connectivity index (χ3n) is 4.99. The molecule has 0 aliphatic rings. The zero-order chi connectivity index (χ0) is 25.9. The van der Waals surface area contributed by atoms with Crippen molar-refractivity contribution in [3.63, 3.8) is 0 Å². The number of carbonyl (C=O) groups is 2. The van der Waals surface area contributed by atoms with Crippen molar-refractivity contribution in [3.8, 4) is 11.5 Å². The number of halogens is 2. The first-order valence-electron chi connectivity index (χ1n) is 10.9. The van der Waals surface area contributed by atoms with Crippen molar-refractivity contribution in [1.82, 2.24) is 5.48 Å². The van der Waals surface area contributed by atoms with Gasteiger partial charge < -0.3 is 14.6 Å². The van der Waals surface area contributed by atoms with E-state index in [1.165, 1.54) is 17.6 Å². The molecule has 188 valence electrons. The summed E-state index contributed by atoms with van der Waals surface area (Å²) in [5.74, 6) is -0.159. The number of ether oxygens (including phenoxy) is 2. The van der Waals surface area contributed by atoms with Crippen LogP contribution in [0.2, 0.25) is 0 Å². The van der Waals surface area contributed by atoms with Crippen LogP contribution in [0.25, 0.3) is 0 Å². The smallest absolute Gasteiger partial charge is 0.412 e. The molecule has 0 saturated carbocycles. The number of amides is 2. The number of rotatable bonds is 10. The average Bonchev–Trinajstić information content (AvgIpc) is 2.88. The molecule has 36 heavy (non-hydrogen) atoms. The number of phenolic OH excluding ortho intramolecular Hbond substituents is 1. The third kappa shape index (κ3) is 8.54. The summed E-state index contributed by atoms with van der Waals surface area (Å²) >= 11 is 5.47. The Bertz CT molecular complexity index is 1190. The zero-order valence-corrected chi connectivity index (χ0v) is 22.7. The largest absolute Gasteiger partial charge is 0.508 e. The van der Waals surface area contributed by atoms with Crippen LogP contribution in [0, 0.1) is 3.57 Å². The standard InChI is InChI=1S/C26H24BrIN2O6/c27-17-10-13-19(14-11-17)29-26(33)36-25(21-16-18(28)12-15-22(21)31)23(8-4-5-9-24(32)30-34)35-20-6-2-1-3-7-20/h1-3,5-7,9-16,23,25,31,34H,4,8H2,(H,29,33)(H,30,32)/b9-5+/t23-,25-/m0/s1. The Morgan fingerprint density at radius 3 is 2.47 bits per heavy atom. The van der Waals surface area contributed by atoms with Gasteiger partial charge in [0, 0.05) is 25.4 Å². The van der Waals surface area contributed by atoms with E-state index in [1.807, 2.05) is 18.2 Å². The lowest BCUT2D eigenvalue weighted by Crippen LogP contribution is -2.31. The van der Waals surface area contributed by atoms with Gasteiger partial charge in [-0.05, 0) is 90.0 Å². The van der Waals surface area contributed by atoms with E-state index in [2.05, 4.69) is 43.8 Å². The number of hydroxylamine groups is 1. The predicted octanol–water partition coefficient (Wildman–Crippen LogP) is 6.34. The Labute approximate surface area is 230 Å². The fourth-order valence-corrected chi connectivity index (χ4v) is 4.10. The van der Waals surface area contributed by atoms with Crippen molar-refractivity contribution in [2.45, 2.75) is 25.0 Å². The molecule has 8 nitrogen and oxygen atoms in total. The SMILES string of the molecule is O=C(/C=C/CC[C@H](Oc1ccccc1)[C@@H](OC(=O)Nc1ccc(Br)cc1)c1cc(I)ccc1O)NO. The first-order chi connectivity index (χ1) is 17.4. The molecule has 2 atom stereocenters. The minimum atomic E-state index is -0.990. The van der Waals surface area contributed by atoms with Gasteiger partial charge in [0.2, 0.25) is 0 Å². The normalized spacial score (nSPS) is 12.5. The van der Waals surface area contributed by atoms with Gasteiger partial charge in [0.05, 0.1) is 0 Å². The van der Waals surface area contributed by atoms with E-state index < -0.39 is 24.2 Å². The molecule has 0 unspecified atom stereocenters. The molecule has 10 heteroatoms. The first-order valence-corrected chi connectivity index (χ1v) is 12.8. The van der Waals surface area contributed by atoms with Gasteiger partial charge in [0.1, 0.15) is 17.6 Å². The summed E-state index contributed by atoms with van der Waals surface area (Å²) in [4.78, 5) is 24.2. The van der Waals surface area contributed by atoms with Crippen LogP contribution >= 0.6 is 38.5 Å². The van der Waals surface area contributed by atoms with Crippen molar-refractivity contribution in [3.05, 3.63) is 98.6 Å². The Balaban J connectivity index is 1.91. The van der Waals surface area contributed by atoms with Gasteiger partial charge in [-0.3, -0.25) is 15.3 Å². The minimum absolute atomic E-state index is 0.0475. The molecule has 0 aliphatic heterocycles. The predicted molar refractivity (Wildman–Crippen MR) is 147 cm³/mol. The highest BCUT2D eigenvalue weighted by atomic mass is 127. The highest BCUT2D eigenvalue weighted by Crippen LogP contribution is 2.35. The minimum Gasteiger partial charge on any atom is -0.508 e. The summed E-state index contributed by atoms with van der Waals surface area (Å²) in [6.45, 7) is 0. The maximum absolute atomic E-state index is 12.9. The van der Waals surface area contributed by atoms with Crippen LogP contribution in [0.3, 0.4) is 0 Å². The topological polar surface area (TPSA) is 117 Å². The van der Waals surface area contributed by atoms with E-state index in [4.69, 9.17) is 14.7 Å². The second-order valence-corrected chi connectivity index (χ2v) is 9.75. The Morgan fingerprint density at radius 1 is 1.06 bits per heavy atom. The van der Waals surface area contributed by atoms with Gasteiger partial charge in [0.25, 0.3) is 5.91 Å². The third-order valence-corrected chi connectivity index (χ3v) is 6.19. The quantitative estimate of drug-likeness (QED) is 0.0869. The van der Waals surface area contributed by atoms with Crippen LogP contribution in [-0.2, 0) is 9.53 Å². The molecular weight excluding hydrogens is 643 g/mol. The number of carbonyl (C=O) groups excluding carboxylic acids is 2. The zero-order valence-electron chi connectivity index (χ0n) is 18.9. The Hall–Kier alpha value is -3.09.